The quantitative estimate of drug-likeness (QED) is 0.590. The van der Waals surface area contributed by atoms with Crippen LogP contribution in [0.4, 0.5) is 4.39 Å². The molecule has 9 nitrogen and oxygen atoms in total. The number of nitriles is 1. The topological polar surface area (TPSA) is 138 Å². The predicted octanol–water partition coefficient (Wildman–Crippen LogP) is -1.23. The molecule has 0 aliphatic carbocycles. The molecule has 1 aliphatic rings. The first kappa shape index (κ1) is 17.3. The molecule has 1 fully saturated rings. The van der Waals surface area contributed by atoms with Gasteiger partial charge in [0.2, 0.25) is 11.9 Å². The Morgan fingerprint density at radius 1 is 1.57 bits per heavy atom. The summed E-state index contributed by atoms with van der Waals surface area (Å²) in [6, 6.07) is 2.41. The fourth-order valence-corrected chi connectivity index (χ4v) is 2.18. The Morgan fingerprint density at radius 2 is 2.22 bits per heavy atom. The van der Waals surface area contributed by atoms with Gasteiger partial charge in [0, 0.05) is 12.3 Å². The van der Waals surface area contributed by atoms with Gasteiger partial charge in [-0.25, -0.2) is 9.18 Å². The molecular formula is C13H16FN3O6. The molecular weight excluding hydrogens is 313 g/mol. The largest absolute Gasteiger partial charge is 0.385 e. The Hall–Kier alpha value is -2.06. The van der Waals surface area contributed by atoms with Crippen LogP contribution in [-0.2, 0) is 9.47 Å². The Labute approximate surface area is 129 Å². The van der Waals surface area contributed by atoms with Crippen molar-refractivity contribution in [2.75, 3.05) is 6.61 Å². The van der Waals surface area contributed by atoms with E-state index in [1.165, 1.54) is 19.9 Å². The Morgan fingerprint density at radius 3 is 2.78 bits per heavy atom. The van der Waals surface area contributed by atoms with Crippen molar-refractivity contribution in [2.24, 2.45) is 0 Å². The van der Waals surface area contributed by atoms with Crippen LogP contribution in [0.2, 0.25) is 0 Å². The standard InChI is InChI=1S/C13H16FN3O6/c1-12(2)22-6-13(21,5-15)9(23-12)8(19)10(14)17-4-3-7(18)16-11(17)20/h3-4,8-10,19,21H,6H2,1-2H3,(H,16,18,20)/t8?,9-,10?,13?/m0/s1. The number of hydrogen-bond acceptors (Lipinski definition) is 7. The molecule has 3 unspecified atom stereocenters. The molecule has 4 atom stereocenters. The first-order chi connectivity index (χ1) is 10.6. The third kappa shape index (κ3) is 3.32. The summed E-state index contributed by atoms with van der Waals surface area (Å²) in [5.74, 6) is -1.27. The lowest BCUT2D eigenvalue weighted by molar-refractivity contribution is -0.340. The number of H-pyrrole nitrogens is 1. The van der Waals surface area contributed by atoms with E-state index < -0.39 is 47.7 Å². The van der Waals surface area contributed by atoms with Gasteiger partial charge in [-0.1, -0.05) is 0 Å². The molecule has 10 heteroatoms. The smallest absolute Gasteiger partial charge is 0.330 e. The molecule has 2 rings (SSSR count). The van der Waals surface area contributed by atoms with Crippen molar-refractivity contribution < 1.29 is 24.1 Å². The van der Waals surface area contributed by atoms with E-state index in [1.54, 1.807) is 0 Å². The number of aromatic amines is 1. The number of aliphatic hydroxyl groups excluding tert-OH is 1. The zero-order chi connectivity index (χ0) is 17.4. The molecule has 0 spiro atoms. The molecule has 3 N–H and O–H groups in total. The van der Waals surface area contributed by atoms with Crippen molar-refractivity contribution in [1.29, 1.82) is 5.26 Å². The van der Waals surface area contributed by atoms with Crippen LogP contribution in [0.25, 0.3) is 0 Å². The Bertz CT molecular complexity index is 738. The first-order valence-electron chi connectivity index (χ1n) is 6.69. The second-order valence-corrected chi connectivity index (χ2v) is 5.64. The number of aromatic nitrogens is 2. The third-order valence-corrected chi connectivity index (χ3v) is 3.42. The molecule has 2 heterocycles. The van der Waals surface area contributed by atoms with Gasteiger partial charge in [0.25, 0.3) is 5.56 Å². The summed E-state index contributed by atoms with van der Waals surface area (Å²) in [4.78, 5) is 24.4. The molecule has 1 aromatic rings. The minimum Gasteiger partial charge on any atom is -0.385 e. The summed E-state index contributed by atoms with van der Waals surface area (Å²) in [7, 11) is 0. The lowest BCUT2D eigenvalue weighted by atomic mass is 9.92. The maximum absolute atomic E-state index is 14.5. The summed E-state index contributed by atoms with van der Waals surface area (Å²) < 4.78 is 25.3. The van der Waals surface area contributed by atoms with Crippen LogP contribution in [0.5, 0.6) is 0 Å². The highest BCUT2D eigenvalue weighted by molar-refractivity contribution is 5.11. The van der Waals surface area contributed by atoms with Gasteiger partial charge in [-0.3, -0.25) is 14.3 Å². The monoisotopic (exact) mass is 329 g/mol. The van der Waals surface area contributed by atoms with E-state index in [4.69, 9.17) is 14.7 Å². The highest BCUT2D eigenvalue weighted by Gasteiger charge is 2.53. The van der Waals surface area contributed by atoms with Crippen molar-refractivity contribution in [3.8, 4) is 6.07 Å². The molecule has 23 heavy (non-hydrogen) atoms. The fraction of sp³-hybridized carbons (Fsp3) is 0.615. The van der Waals surface area contributed by atoms with E-state index in [-0.39, 0.29) is 0 Å². The van der Waals surface area contributed by atoms with Crippen molar-refractivity contribution in [2.45, 2.75) is 43.7 Å². The number of halogens is 1. The van der Waals surface area contributed by atoms with E-state index in [2.05, 4.69) is 0 Å². The number of nitrogens with one attached hydrogen (secondary N) is 1. The second-order valence-electron chi connectivity index (χ2n) is 5.64. The maximum Gasteiger partial charge on any atom is 0.330 e. The van der Waals surface area contributed by atoms with Gasteiger partial charge < -0.3 is 19.7 Å². The summed E-state index contributed by atoms with van der Waals surface area (Å²) in [5, 5.41) is 29.4. The Kier molecular flexibility index (Phi) is 4.41. The van der Waals surface area contributed by atoms with Gasteiger partial charge in [0.05, 0.1) is 6.61 Å². The number of aliphatic hydroxyl groups is 2. The van der Waals surface area contributed by atoms with Crippen LogP contribution >= 0.6 is 0 Å². The van der Waals surface area contributed by atoms with Gasteiger partial charge in [-0.05, 0) is 13.8 Å². The highest BCUT2D eigenvalue weighted by Crippen LogP contribution is 2.33. The normalized spacial score (nSPS) is 29.5. The summed E-state index contributed by atoms with van der Waals surface area (Å²) in [6.07, 6.45) is -5.25. The van der Waals surface area contributed by atoms with Crippen LogP contribution in [0.15, 0.2) is 21.9 Å². The average Bonchev–Trinajstić information content (AvgIpc) is 2.48. The van der Waals surface area contributed by atoms with Crippen molar-refractivity contribution in [3.63, 3.8) is 0 Å². The number of ether oxygens (including phenoxy) is 2. The summed E-state index contributed by atoms with van der Waals surface area (Å²) in [5.41, 5.74) is -4.12. The van der Waals surface area contributed by atoms with Crippen LogP contribution in [0.3, 0.4) is 0 Å². The van der Waals surface area contributed by atoms with Crippen molar-refractivity contribution >= 4 is 0 Å². The number of rotatable bonds is 3. The van der Waals surface area contributed by atoms with Crippen molar-refractivity contribution in [1.82, 2.24) is 9.55 Å². The maximum atomic E-state index is 14.5. The number of nitrogens with zero attached hydrogens (tertiary/aromatic N) is 2. The van der Waals surface area contributed by atoms with E-state index in [0.717, 1.165) is 12.3 Å². The molecule has 0 bridgehead atoms. The molecule has 1 aliphatic heterocycles. The third-order valence-electron chi connectivity index (χ3n) is 3.42. The van der Waals surface area contributed by atoms with E-state index >= 15 is 0 Å². The zero-order valence-electron chi connectivity index (χ0n) is 12.4. The molecule has 1 saturated heterocycles. The lowest BCUT2D eigenvalue weighted by Crippen LogP contribution is -2.62. The first-order valence-corrected chi connectivity index (χ1v) is 6.69. The Balaban J connectivity index is 2.36. The second kappa shape index (κ2) is 5.86. The van der Waals surface area contributed by atoms with E-state index in [0.29, 0.717) is 4.57 Å². The number of hydrogen-bond donors (Lipinski definition) is 3. The van der Waals surface area contributed by atoms with E-state index in [1.807, 2.05) is 4.98 Å². The predicted molar refractivity (Wildman–Crippen MR) is 72.9 cm³/mol. The van der Waals surface area contributed by atoms with Gasteiger partial charge >= 0.3 is 5.69 Å². The highest BCUT2D eigenvalue weighted by atomic mass is 19.1. The van der Waals surface area contributed by atoms with Gasteiger partial charge in [0.1, 0.15) is 18.3 Å². The van der Waals surface area contributed by atoms with Crippen LogP contribution in [0, 0.1) is 11.3 Å². The molecule has 0 radical (unpaired) electrons. The van der Waals surface area contributed by atoms with Gasteiger partial charge in [-0.15, -0.1) is 0 Å². The molecule has 1 aromatic heterocycles. The zero-order valence-corrected chi connectivity index (χ0v) is 12.4. The minimum absolute atomic E-state index is 0.426. The lowest BCUT2D eigenvalue weighted by Gasteiger charge is -2.44. The minimum atomic E-state index is -2.36. The average molecular weight is 329 g/mol. The number of alkyl halides is 1. The van der Waals surface area contributed by atoms with Crippen LogP contribution in [0.1, 0.15) is 20.1 Å². The van der Waals surface area contributed by atoms with Crippen molar-refractivity contribution in [3.05, 3.63) is 33.1 Å². The molecule has 0 aromatic carbocycles. The summed E-state index contributed by atoms with van der Waals surface area (Å²) in [6.45, 7) is 2.41. The van der Waals surface area contributed by atoms with Crippen LogP contribution in [-0.4, -0.2) is 50.0 Å². The van der Waals surface area contributed by atoms with E-state index in [9.17, 15) is 24.2 Å². The fourth-order valence-electron chi connectivity index (χ4n) is 2.18. The summed E-state index contributed by atoms with van der Waals surface area (Å²) >= 11 is 0. The SMILES string of the molecule is CC1(C)OCC(O)(C#N)[C@H](C(O)C(F)n2ccc(=O)[nH]c2=O)O1. The molecule has 0 saturated carbocycles. The van der Waals surface area contributed by atoms with Gasteiger partial charge in [0.15, 0.2) is 5.79 Å². The van der Waals surface area contributed by atoms with Crippen LogP contribution < -0.4 is 11.2 Å². The molecule has 126 valence electrons. The van der Waals surface area contributed by atoms with Gasteiger partial charge in [-0.2, -0.15) is 5.26 Å². The molecule has 0 amide bonds.